The summed E-state index contributed by atoms with van der Waals surface area (Å²) in [5, 5.41) is 0. The third-order valence-corrected chi connectivity index (χ3v) is 3.50. The van der Waals surface area contributed by atoms with Gasteiger partial charge in [-0.25, -0.2) is 0 Å². The van der Waals surface area contributed by atoms with Crippen LogP contribution in [-0.4, -0.2) is 5.54 Å². The summed E-state index contributed by atoms with van der Waals surface area (Å²) >= 11 is 0. The van der Waals surface area contributed by atoms with Gasteiger partial charge >= 0.3 is 0 Å². The molecule has 1 aromatic rings. The molecule has 0 heterocycles. The summed E-state index contributed by atoms with van der Waals surface area (Å²) in [5.41, 5.74) is 9.16. The van der Waals surface area contributed by atoms with Crippen molar-refractivity contribution in [2.75, 3.05) is 0 Å². The molecular formula is C16H27N. The van der Waals surface area contributed by atoms with Crippen LogP contribution in [-0.2, 0) is 5.41 Å². The van der Waals surface area contributed by atoms with Crippen LogP contribution < -0.4 is 5.73 Å². The number of nitrogens with two attached hydrogens (primary N) is 1. The van der Waals surface area contributed by atoms with Gasteiger partial charge in [0.15, 0.2) is 0 Å². The smallest absolute Gasteiger partial charge is 0.0134 e. The number of rotatable bonds is 5. The predicted molar refractivity (Wildman–Crippen MR) is 76.3 cm³/mol. The lowest BCUT2D eigenvalue weighted by molar-refractivity contribution is 0.308. The van der Waals surface area contributed by atoms with Gasteiger partial charge in [0.25, 0.3) is 0 Å². The van der Waals surface area contributed by atoms with E-state index in [0.29, 0.717) is 0 Å². The maximum Gasteiger partial charge on any atom is 0.0134 e. The van der Waals surface area contributed by atoms with Gasteiger partial charge < -0.3 is 5.73 Å². The van der Waals surface area contributed by atoms with Crippen LogP contribution in [0, 0.1) is 6.92 Å². The summed E-state index contributed by atoms with van der Waals surface area (Å²) in [6.45, 7) is 11.1. The van der Waals surface area contributed by atoms with Crippen molar-refractivity contribution in [3.8, 4) is 0 Å². The molecule has 17 heavy (non-hydrogen) atoms. The van der Waals surface area contributed by atoms with Crippen molar-refractivity contribution in [2.45, 2.75) is 64.8 Å². The Balaban J connectivity index is 2.84. The number of aryl methyl sites for hydroxylation is 1. The van der Waals surface area contributed by atoms with Crippen molar-refractivity contribution in [3.63, 3.8) is 0 Å². The van der Waals surface area contributed by atoms with Crippen LogP contribution >= 0.6 is 0 Å². The molecule has 0 aliphatic carbocycles. The summed E-state index contributed by atoms with van der Waals surface area (Å²) in [6.07, 6.45) is 3.26. The lowest BCUT2D eigenvalue weighted by Crippen LogP contribution is -2.42. The minimum Gasteiger partial charge on any atom is -0.325 e. The van der Waals surface area contributed by atoms with Crippen molar-refractivity contribution in [3.05, 3.63) is 35.4 Å². The first-order valence-corrected chi connectivity index (χ1v) is 6.63. The average Bonchev–Trinajstić information content (AvgIpc) is 2.16. The highest BCUT2D eigenvalue weighted by atomic mass is 14.7. The van der Waals surface area contributed by atoms with Crippen LogP contribution in [0.2, 0.25) is 0 Å². The molecule has 0 aliphatic rings. The number of hydrogen-bond donors (Lipinski definition) is 1. The Labute approximate surface area is 106 Å². The van der Waals surface area contributed by atoms with Crippen LogP contribution in [0.25, 0.3) is 0 Å². The molecule has 1 atom stereocenters. The standard InChI is InChI=1S/C16H27N/c1-6-11-16(5,17)12-15(3,4)14-9-7-13(2)8-10-14/h7-10H,6,11-12,17H2,1-5H3/t16-/m1/s1. The topological polar surface area (TPSA) is 26.0 Å². The minimum absolute atomic E-state index is 0.0663. The van der Waals surface area contributed by atoms with E-state index in [1.165, 1.54) is 11.1 Å². The summed E-state index contributed by atoms with van der Waals surface area (Å²) in [4.78, 5) is 0. The van der Waals surface area contributed by atoms with Gasteiger partial charge in [-0.15, -0.1) is 0 Å². The van der Waals surface area contributed by atoms with Crippen molar-refractivity contribution in [1.29, 1.82) is 0 Å². The summed E-state index contributed by atoms with van der Waals surface area (Å²) in [5.74, 6) is 0. The zero-order valence-corrected chi connectivity index (χ0v) is 12.0. The highest BCUT2D eigenvalue weighted by Crippen LogP contribution is 2.33. The molecule has 0 unspecified atom stereocenters. The normalized spacial score (nSPS) is 15.6. The van der Waals surface area contributed by atoms with E-state index in [1.807, 2.05) is 0 Å². The zero-order chi connectivity index (χ0) is 13.1. The second-order valence-corrected chi connectivity index (χ2v) is 6.33. The lowest BCUT2D eigenvalue weighted by Gasteiger charge is -2.35. The van der Waals surface area contributed by atoms with Crippen molar-refractivity contribution >= 4 is 0 Å². The van der Waals surface area contributed by atoms with E-state index in [0.717, 1.165) is 19.3 Å². The van der Waals surface area contributed by atoms with Crippen molar-refractivity contribution in [2.24, 2.45) is 5.73 Å². The number of benzene rings is 1. The van der Waals surface area contributed by atoms with Gasteiger partial charge in [-0.2, -0.15) is 0 Å². The molecule has 0 aliphatic heterocycles. The molecule has 0 bridgehead atoms. The molecule has 1 heteroatoms. The molecule has 0 amide bonds. The summed E-state index contributed by atoms with van der Waals surface area (Å²) in [7, 11) is 0. The van der Waals surface area contributed by atoms with E-state index < -0.39 is 0 Å². The fourth-order valence-electron chi connectivity index (χ4n) is 2.78. The zero-order valence-electron chi connectivity index (χ0n) is 12.0. The molecule has 1 rings (SSSR count). The van der Waals surface area contributed by atoms with Crippen LogP contribution in [0.3, 0.4) is 0 Å². The van der Waals surface area contributed by atoms with E-state index in [4.69, 9.17) is 5.73 Å². The maximum atomic E-state index is 6.38. The monoisotopic (exact) mass is 233 g/mol. The minimum atomic E-state index is -0.0663. The summed E-state index contributed by atoms with van der Waals surface area (Å²) < 4.78 is 0. The van der Waals surface area contributed by atoms with Crippen LogP contribution in [0.1, 0.15) is 58.1 Å². The van der Waals surface area contributed by atoms with E-state index in [1.54, 1.807) is 0 Å². The first kappa shape index (κ1) is 14.2. The quantitative estimate of drug-likeness (QED) is 0.811. The molecule has 0 radical (unpaired) electrons. The Bertz CT molecular complexity index is 346. The van der Waals surface area contributed by atoms with Gasteiger partial charge in [0.1, 0.15) is 0 Å². The molecule has 0 fully saturated rings. The van der Waals surface area contributed by atoms with Crippen LogP contribution in [0.4, 0.5) is 0 Å². The Morgan fingerprint density at radius 1 is 1.06 bits per heavy atom. The Morgan fingerprint density at radius 3 is 2.06 bits per heavy atom. The highest BCUT2D eigenvalue weighted by molar-refractivity contribution is 5.28. The fraction of sp³-hybridized carbons (Fsp3) is 0.625. The molecule has 0 spiro atoms. The Kier molecular flexibility index (Phi) is 4.37. The first-order valence-electron chi connectivity index (χ1n) is 6.63. The molecule has 0 aromatic heterocycles. The Morgan fingerprint density at radius 2 is 1.59 bits per heavy atom. The van der Waals surface area contributed by atoms with Crippen molar-refractivity contribution < 1.29 is 0 Å². The van der Waals surface area contributed by atoms with E-state index in [-0.39, 0.29) is 11.0 Å². The van der Waals surface area contributed by atoms with Gasteiger partial charge in [-0.3, -0.25) is 0 Å². The average molecular weight is 233 g/mol. The Hall–Kier alpha value is -0.820. The molecule has 2 N–H and O–H groups in total. The van der Waals surface area contributed by atoms with Crippen LogP contribution in [0.15, 0.2) is 24.3 Å². The first-order chi connectivity index (χ1) is 7.77. The fourth-order valence-corrected chi connectivity index (χ4v) is 2.78. The number of hydrogen-bond acceptors (Lipinski definition) is 1. The lowest BCUT2D eigenvalue weighted by atomic mass is 9.73. The van der Waals surface area contributed by atoms with Gasteiger partial charge in [0, 0.05) is 5.54 Å². The molecule has 1 aromatic carbocycles. The van der Waals surface area contributed by atoms with Crippen molar-refractivity contribution in [1.82, 2.24) is 0 Å². The highest BCUT2D eigenvalue weighted by Gasteiger charge is 2.29. The second kappa shape index (κ2) is 5.22. The third kappa shape index (κ3) is 4.16. The van der Waals surface area contributed by atoms with Gasteiger partial charge in [0.05, 0.1) is 0 Å². The SMILES string of the molecule is CCC[C@@](C)(N)CC(C)(C)c1ccc(C)cc1. The predicted octanol–water partition coefficient (Wildman–Crippen LogP) is 4.18. The third-order valence-electron chi connectivity index (χ3n) is 3.50. The van der Waals surface area contributed by atoms with E-state index in [9.17, 15) is 0 Å². The van der Waals surface area contributed by atoms with E-state index in [2.05, 4.69) is 58.9 Å². The molecule has 0 saturated carbocycles. The molecular weight excluding hydrogens is 206 g/mol. The maximum absolute atomic E-state index is 6.38. The molecule has 96 valence electrons. The summed E-state index contributed by atoms with van der Waals surface area (Å²) in [6, 6.07) is 8.84. The van der Waals surface area contributed by atoms with Crippen LogP contribution in [0.5, 0.6) is 0 Å². The molecule has 0 saturated heterocycles. The van der Waals surface area contributed by atoms with E-state index >= 15 is 0 Å². The van der Waals surface area contributed by atoms with Gasteiger partial charge in [0.2, 0.25) is 0 Å². The largest absolute Gasteiger partial charge is 0.325 e. The van der Waals surface area contributed by atoms with Gasteiger partial charge in [-0.05, 0) is 37.7 Å². The van der Waals surface area contributed by atoms with Gasteiger partial charge in [-0.1, -0.05) is 57.0 Å². The molecule has 1 nitrogen and oxygen atoms in total. The second-order valence-electron chi connectivity index (χ2n) is 6.33.